The maximum Gasteiger partial charge on any atom is 0.375 e. The summed E-state index contributed by atoms with van der Waals surface area (Å²) in [5.74, 6) is 2.88. The SMILES string of the molecule is C=CCOc1c(C)c2c(c3c1CC1[C@H]4c5c(cc(C)c(OC)c5O)C[C@@H]([C@H](C#N)N1[C@H]3CN)N4C)OCO2.COc1c(C)cc2c(c1O)[C@@H]1C3[C@@H]4SCC(=O)C(=O)OC[C@@H](c5c6c(c(C)c(OC(C)=O)c54)OCO6)N3[C@@H](C#N)[C@H](C2)N1C.COc1c(C)cc2c(c1O)[C@@H]1C3[C@@H]4SCC(N)C(=O)OC[C@@H](c5c6c(c(C)c(OC(C)=O)c54)OCO6)N3[C@@H](C#N)[C@H](C2)N1C. The van der Waals surface area contributed by atoms with Crippen molar-refractivity contribution in [3.8, 4) is 104 Å². The number of rotatable bonds is 9. The van der Waals surface area contributed by atoms with Gasteiger partial charge < -0.3 is 93.1 Å². The van der Waals surface area contributed by atoms with Gasteiger partial charge in [-0.25, -0.2) is 4.79 Å². The fourth-order valence-corrected chi connectivity index (χ4v) is 26.1. The number of aromatic hydroxyl groups is 3. The Morgan fingerprint density at radius 3 is 1.34 bits per heavy atom. The number of esters is 4. The average molecular weight is 1760 g/mol. The molecule has 4 unspecified atom stereocenters. The number of nitrogens with two attached hydrogens (primary N) is 2. The fraction of sp³-hybridized carbons (Fsp3) is 0.495. The molecule has 14 heterocycles. The molecule has 35 heteroatoms. The number of hydrogen-bond acceptors (Lipinski definition) is 35. The van der Waals surface area contributed by atoms with Crippen molar-refractivity contribution >= 4 is 53.2 Å². The largest absolute Gasteiger partial charge is 0.504 e. The molecule has 18 atom stereocenters. The zero-order valence-electron chi connectivity index (χ0n) is 72.2. The number of ether oxygens (including phenoxy) is 14. The van der Waals surface area contributed by atoms with E-state index in [0.717, 1.165) is 72.5 Å². The molecule has 33 nitrogen and oxygen atoms in total. The molecule has 6 aromatic carbocycles. The number of fused-ring (bicyclic) bond motifs is 27. The minimum Gasteiger partial charge on any atom is -0.504 e. The van der Waals surface area contributed by atoms with E-state index in [1.807, 2.05) is 60.8 Å². The van der Waals surface area contributed by atoms with Crippen LogP contribution in [0.5, 0.6) is 86.2 Å². The number of nitrogens with zero attached hydrogens (tertiary/aromatic N) is 9. The number of Topliss-reactive ketones (excluding diaryl/α,β-unsaturated/α-hetero) is 1. The number of ketones is 1. The van der Waals surface area contributed by atoms with Crippen molar-refractivity contribution in [1.82, 2.24) is 29.4 Å². The highest BCUT2D eigenvalue weighted by molar-refractivity contribution is 8.00. The van der Waals surface area contributed by atoms with Crippen molar-refractivity contribution in [3.05, 3.63) is 131 Å². The molecule has 0 aliphatic carbocycles. The standard InChI is InChI=1S/C31H34N4O8S.C31H31N3O9S.C29H34N4O5/c1-12-6-15-7-17-18(8-32)35-19-9-40-31(38)16(33)10-44-30(24(35)23(34(17)4)20(15)25(37)26(12)39-5)22-21(19)29-28(41-11-42-29)13(2)27(22)43-14(3)36;1-12-6-15-7-16-17(8-32)34-18-9-40-31(38)19(36)10-44-30(24(34)23(33(16)4)20(15)25(37)26(12)39-5)22-21(18)29-28(41-11-42-29)13(2)27(22)43-14(3)35;1-6-7-36-27-15(3)28-29(38-13-37-28)23-17(27)10-19-24-22-16(8-14(2)26(35-5)25(22)34)9-18(32(24)4)20(11-30)33(19)21(23)12-31/h6,16-19,23-24,30,37H,7,9-11,33H2,1-5H3;6,16-18,23-24,30,37H,7,9-11H2,1-5H3;6,8,18-21,24,34H,1,7,9-10,12-13,31H2,2-5H3/t16?,17-,18-,19-,23+,24?,30+;16-,17-,18-,23+,24?,30+;18-,19?,20-,21-,24-/m000/s1. The van der Waals surface area contributed by atoms with Crippen LogP contribution in [0.1, 0.15) is 161 Å². The molecule has 10 bridgehead atoms. The molecule has 5 fully saturated rings. The van der Waals surface area contributed by atoms with Gasteiger partial charge in [-0.1, -0.05) is 30.9 Å². The number of carbonyl (C=O) groups excluding carboxylic acids is 5. The lowest BCUT2D eigenvalue weighted by Crippen LogP contribution is -2.69. The summed E-state index contributed by atoms with van der Waals surface area (Å²) in [6.45, 7) is 18.1. The van der Waals surface area contributed by atoms with Gasteiger partial charge in [0.25, 0.3) is 0 Å². The number of methoxy groups -OCH3 is 3. The molecule has 0 spiro atoms. The van der Waals surface area contributed by atoms with Crippen molar-refractivity contribution < 1.29 is 106 Å². The zero-order valence-corrected chi connectivity index (χ0v) is 73.8. The van der Waals surface area contributed by atoms with Crippen molar-refractivity contribution in [2.75, 3.05) is 101 Å². The number of piperazine rings is 3. The highest BCUT2D eigenvalue weighted by atomic mass is 32.2. The van der Waals surface area contributed by atoms with Crippen LogP contribution in [-0.2, 0) is 59.1 Å². The molecule has 0 radical (unpaired) electrons. The first-order chi connectivity index (χ1) is 60.5. The molecule has 6 aromatic rings. The molecule has 662 valence electrons. The average Bonchev–Trinajstić information content (AvgIpc) is 1.36. The van der Waals surface area contributed by atoms with E-state index >= 15 is 0 Å². The van der Waals surface area contributed by atoms with Gasteiger partial charge in [-0.05, 0) is 122 Å². The Labute approximate surface area is 735 Å². The summed E-state index contributed by atoms with van der Waals surface area (Å²) in [4.78, 5) is 76.7. The summed E-state index contributed by atoms with van der Waals surface area (Å²) >= 11 is 2.66. The number of nitriles is 3. The minimum atomic E-state index is -0.949. The number of thioether (sulfide) groups is 2. The van der Waals surface area contributed by atoms with Crippen LogP contribution in [0.2, 0.25) is 0 Å². The summed E-state index contributed by atoms with van der Waals surface area (Å²) in [7, 11) is 10.6. The second kappa shape index (κ2) is 32.6. The smallest absolute Gasteiger partial charge is 0.375 e. The van der Waals surface area contributed by atoms with Crippen molar-refractivity contribution in [3.63, 3.8) is 0 Å². The molecule has 0 saturated carbocycles. The molecule has 7 N–H and O–H groups in total. The third kappa shape index (κ3) is 12.7. The van der Waals surface area contributed by atoms with Crippen LogP contribution in [0.3, 0.4) is 0 Å². The van der Waals surface area contributed by atoms with Gasteiger partial charge in [0.2, 0.25) is 26.2 Å². The molecular weight excluding hydrogens is 1660 g/mol. The molecule has 5 saturated heterocycles. The van der Waals surface area contributed by atoms with E-state index in [1.54, 1.807) is 20.1 Å². The Hall–Kier alpha value is -11.1. The van der Waals surface area contributed by atoms with E-state index < -0.39 is 101 Å². The third-order valence-electron chi connectivity index (χ3n) is 28.1. The van der Waals surface area contributed by atoms with Crippen LogP contribution < -0.4 is 68.3 Å². The second-order valence-corrected chi connectivity index (χ2v) is 36.6. The van der Waals surface area contributed by atoms with E-state index in [1.165, 1.54) is 51.6 Å². The highest BCUT2D eigenvalue weighted by Crippen LogP contribution is 2.68. The second-order valence-electron chi connectivity index (χ2n) is 34.3. The van der Waals surface area contributed by atoms with Crippen LogP contribution in [0.25, 0.3) is 0 Å². The number of aryl methyl sites for hydroxylation is 3. The lowest BCUT2D eigenvalue weighted by molar-refractivity contribution is -0.157. The number of phenolic OH excluding ortho intramolecular Hbond substituents is 3. The molecule has 126 heavy (non-hydrogen) atoms. The Morgan fingerprint density at radius 1 is 0.524 bits per heavy atom. The predicted octanol–water partition coefficient (Wildman–Crippen LogP) is 8.40. The van der Waals surface area contributed by atoms with Gasteiger partial charge in [0, 0.05) is 129 Å². The van der Waals surface area contributed by atoms with E-state index in [4.69, 9.17) is 77.8 Å². The number of hydrogen-bond donors (Lipinski definition) is 5. The molecule has 0 aromatic heterocycles. The van der Waals surface area contributed by atoms with E-state index in [0.29, 0.717) is 135 Å². The summed E-state index contributed by atoms with van der Waals surface area (Å²) in [6.07, 6.45) is 3.97. The Bertz CT molecular complexity index is 5790. The molecule has 14 aliphatic heterocycles. The Balaban J connectivity index is 0.000000129. The highest BCUT2D eigenvalue weighted by Gasteiger charge is 2.65. The monoisotopic (exact) mass is 1760 g/mol. The Kier molecular flexibility index (Phi) is 22.2. The van der Waals surface area contributed by atoms with E-state index in [-0.39, 0.29) is 98.6 Å². The number of likely N-dealkylation sites (N-methyl/N-ethyl adjacent to an activating group) is 3. The lowest BCUT2D eigenvalue weighted by Gasteiger charge is -2.61. The number of phenols is 3. The Morgan fingerprint density at radius 2 is 0.921 bits per heavy atom. The van der Waals surface area contributed by atoms with Crippen molar-refractivity contribution in [2.24, 2.45) is 11.5 Å². The van der Waals surface area contributed by atoms with Gasteiger partial charge in [0.05, 0.1) is 92.0 Å². The van der Waals surface area contributed by atoms with Crippen LogP contribution in [0.15, 0.2) is 30.9 Å². The maximum absolute atomic E-state index is 13.0. The van der Waals surface area contributed by atoms with Crippen molar-refractivity contribution in [2.45, 2.75) is 188 Å². The maximum atomic E-state index is 13.0. The van der Waals surface area contributed by atoms with Gasteiger partial charge in [0.15, 0.2) is 69.0 Å². The molecule has 14 aliphatic rings. The summed E-state index contributed by atoms with van der Waals surface area (Å²) in [6, 6.07) is 6.81. The number of cyclic esters (lactones) is 2. The zero-order chi connectivity index (χ0) is 89.3. The normalized spacial score (nSPS) is 28.8. The summed E-state index contributed by atoms with van der Waals surface area (Å²) in [5.41, 5.74) is 27.1. The molecule has 20 rings (SSSR count). The van der Waals surface area contributed by atoms with Gasteiger partial charge in [-0.15, -0.1) is 23.5 Å². The van der Waals surface area contributed by atoms with Crippen LogP contribution in [0, 0.1) is 75.5 Å². The van der Waals surface area contributed by atoms with E-state index in [9.17, 15) is 55.1 Å². The van der Waals surface area contributed by atoms with Crippen LogP contribution in [0.4, 0.5) is 0 Å². The predicted molar refractivity (Wildman–Crippen MR) is 454 cm³/mol. The minimum absolute atomic E-state index is 0.0240. The first-order valence-electron chi connectivity index (χ1n) is 41.9. The van der Waals surface area contributed by atoms with Crippen LogP contribution in [-0.4, -0.2) is 236 Å². The molecule has 0 amide bonds. The van der Waals surface area contributed by atoms with Crippen molar-refractivity contribution in [1.29, 1.82) is 15.8 Å². The van der Waals surface area contributed by atoms with Gasteiger partial charge >= 0.3 is 23.9 Å². The quantitative estimate of drug-likeness (QED) is 0.0392. The number of carbonyl (C=O) groups is 5. The molecular formula is C91H99N11O22S2. The first kappa shape index (κ1) is 85.6. The number of benzene rings is 6. The summed E-state index contributed by atoms with van der Waals surface area (Å²) < 4.78 is 82.2. The van der Waals surface area contributed by atoms with Gasteiger partial charge in [0.1, 0.15) is 61.2 Å². The van der Waals surface area contributed by atoms with Gasteiger partial charge in [-0.2, -0.15) is 15.8 Å². The van der Waals surface area contributed by atoms with E-state index in [2.05, 4.69) is 67.3 Å². The summed E-state index contributed by atoms with van der Waals surface area (Å²) in [5, 5.41) is 66.0. The topological polar surface area (TPSA) is 418 Å². The fourth-order valence-electron chi connectivity index (χ4n) is 23.3. The van der Waals surface area contributed by atoms with Crippen LogP contribution >= 0.6 is 23.5 Å². The lowest BCUT2D eigenvalue weighted by atomic mass is 9.71. The van der Waals surface area contributed by atoms with Gasteiger partial charge in [-0.3, -0.25) is 48.6 Å². The first-order valence-corrected chi connectivity index (χ1v) is 44.0. The third-order valence-corrected chi connectivity index (χ3v) is 30.8.